The second-order valence-electron chi connectivity index (χ2n) is 5.53. The van der Waals surface area contributed by atoms with Gasteiger partial charge in [-0.15, -0.1) is 0 Å². The molecule has 23 heavy (non-hydrogen) atoms. The van der Waals surface area contributed by atoms with Crippen LogP contribution in [0.15, 0.2) is 55.0 Å². The fraction of sp³-hybridized carbons (Fsp3) is 0.167. The number of nitrogens with zero attached hydrogens (tertiary/aromatic N) is 5. The summed E-state index contributed by atoms with van der Waals surface area (Å²) in [5, 5.41) is 9.04. The lowest BCUT2D eigenvalue weighted by molar-refractivity contribution is 0.690. The molecular formula is C18H15N5. The van der Waals surface area contributed by atoms with Gasteiger partial charge in [0.15, 0.2) is 0 Å². The van der Waals surface area contributed by atoms with Crippen LogP contribution in [0.1, 0.15) is 17.0 Å². The fourth-order valence-corrected chi connectivity index (χ4v) is 2.98. The van der Waals surface area contributed by atoms with E-state index in [1.165, 1.54) is 5.69 Å². The van der Waals surface area contributed by atoms with Gasteiger partial charge in [-0.25, -0.2) is 9.97 Å². The number of rotatable bonds is 2. The third-order valence-electron chi connectivity index (χ3n) is 4.15. The molecule has 2 aromatic heterocycles. The van der Waals surface area contributed by atoms with Gasteiger partial charge in [-0.2, -0.15) is 5.26 Å². The van der Waals surface area contributed by atoms with Crippen molar-refractivity contribution in [2.75, 3.05) is 11.4 Å². The van der Waals surface area contributed by atoms with E-state index >= 15 is 0 Å². The van der Waals surface area contributed by atoms with E-state index in [1.54, 1.807) is 12.3 Å². The highest BCUT2D eigenvalue weighted by Gasteiger charge is 2.22. The SMILES string of the molecule is N#Cc1ccnc(N2CCc3c(ncn3-c3ccccc3)C2)c1. The highest BCUT2D eigenvalue weighted by Crippen LogP contribution is 2.24. The summed E-state index contributed by atoms with van der Waals surface area (Å²) in [5.41, 5.74) is 4.10. The van der Waals surface area contributed by atoms with Crippen LogP contribution in [0.3, 0.4) is 0 Å². The molecule has 112 valence electrons. The monoisotopic (exact) mass is 301 g/mol. The molecule has 0 saturated carbocycles. The van der Waals surface area contributed by atoms with Crippen LogP contribution >= 0.6 is 0 Å². The summed E-state index contributed by atoms with van der Waals surface area (Å²) in [6.45, 7) is 1.59. The van der Waals surface area contributed by atoms with Gasteiger partial charge in [0, 0.05) is 30.5 Å². The molecule has 1 aliphatic heterocycles. The zero-order valence-electron chi connectivity index (χ0n) is 12.6. The Labute approximate surface area is 134 Å². The van der Waals surface area contributed by atoms with Gasteiger partial charge in [0.05, 0.1) is 30.2 Å². The number of benzene rings is 1. The predicted octanol–water partition coefficient (Wildman–Crippen LogP) is 2.70. The van der Waals surface area contributed by atoms with Gasteiger partial charge >= 0.3 is 0 Å². The summed E-state index contributed by atoms with van der Waals surface area (Å²) in [5.74, 6) is 0.837. The molecule has 1 aromatic carbocycles. The van der Waals surface area contributed by atoms with Crippen LogP contribution in [0.5, 0.6) is 0 Å². The van der Waals surface area contributed by atoms with Gasteiger partial charge in [0.2, 0.25) is 0 Å². The highest BCUT2D eigenvalue weighted by atomic mass is 15.2. The Hall–Kier alpha value is -3.13. The zero-order valence-corrected chi connectivity index (χ0v) is 12.6. The molecular weight excluding hydrogens is 286 g/mol. The summed E-state index contributed by atoms with van der Waals surface area (Å²) in [4.78, 5) is 11.1. The van der Waals surface area contributed by atoms with Gasteiger partial charge in [0.1, 0.15) is 5.82 Å². The number of anilines is 1. The van der Waals surface area contributed by atoms with E-state index in [4.69, 9.17) is 5.26 Å². The first-order valence-corrected chi connectivity index (χ1v) is 7.57. The first kappa shape index (κ1) is 13.5. The maximum Gasteiger partial charge on any atom is 0.130 e. The Morgan fingerprint density at radius 1 is 1.09 bits per heavy atom. The van der Waals surface area contributed by atoms with Crippen LogP contribution in [0.4, 0.5) is 5.82 Å². The molecule has 5 nitrogen and oxygen atoms in total. The Morgan fingerprint density at radius 2 is 1.96 bits per heavy atom. The Balaban J connectivity index is 1.64. The molecule has 5 heteroatoms. The number of para-hydroxylation sites is 1. The molecule has 0 atom stereocenters. The topological polar surface area (TPSA) is 57.7 Å². The summed E-state index contributed by atoms with van der Waals surface area (Å²) in [6.07, 6.45) is 4.48. The maximum atomic E-state index is 9.04. The molecule has 1 aliphatic rings. The molecule has 0 amide bonds. The Kier molecular flexibility index (Phi) is 3.28. The number of aromatic nitrogens is 3. The average molecular weight is 301 g/mol. The third kappa shape index (κ3) is 2.44. The number of hydrogen-bond donors (Lipinski definition) is 0. The van der Waals surface area contributed by atoms with Crippen LogP contribution in [0.2, 0.25) is 0 Å². The second-order valence-corrected chi connectivity index (χ2v) is 5.53. The van der Waals surface area contributed by atoms with Crippen molar-refractivity contribution in [2.45, 2.75) is 13.0 Å². The van der Waals surface area contributed by atoms with Gasteiger partial charge in [-0.3, -0.25) is 0 Å². The van der Waals surface area contributed by atoms with Crippen LogP contribution in [-0.4, -0.2) is 21.1 Å². The molecule has 0 spiro atoms. The van der Waals surface area contributed by atoms with E-state index < -0.39 is 0 Å². The van der Waals surface area contributed by atoms with Crippen molar-refractivity contribution in [1.29, 1.82) is 5.26 Å². The van der Waals surface area contributed by atoms with E-state index in [0.717, 1.165) is 36.7 Å². The molecule has 0 aliphatic carbocycles. The summed E-state index contributed by atoms with van der Waals surface area (Å²) >= 11 is 0. The van der Waals surface area contributed by atoms with Crippen molar-refractivity contribution in [3.63, 3.8) is 0 Å². The molecule has 0 saturated heterocycles. The second kappa shape index (κ2) is 5.58. The number of pyridine rings is 1. The largest absolute Gasteiger partial charge is 0.350 e. The van der Waals surface area contributed by atoms with Crippen molar-refractivity contribution in [3.8, 4) is 11.8 Å². The van der Waals surface area contributed by atoms with Crippen LogP contribution in [0.25, 0.3) is 5.69 Å². The zero-order chi connectivity index (χ0) is 15.6. The summed E-state index contributed by atoms with van der Waals surface area (Å²) < 4.78 is 2.16. The molecule has 0 unspecified atom stereocenters. The van der Waals surface area contributed by atoms with Crippen LogP contribution in [0, 0.1) is 11.3 Å². The van der Waals surface area contributed by atoms with E-state index in [0.29, 0.717) is 5.56 Å². The molecule has 0 radical (unpaired) electrons. The summed E-state index contributed by atoms with van der Waals surface area (Å²) in [6, 6.07) is 16.0. The normalized spacial score (nSPS) is 13.4. The number of fused-ring (bicyclic) bond motifs is 1. The lowest BCUT2D eigenvalue weighted by Gasteiger charge is -2.28. The first-order chi connectivity index (χ1) is 11.3. The Bertz CT molecular complexity index is 876. The van der Waals surface area contributed by atoms with Gasteiger partial charge in [0.25, 0.3) is 0 Å². The predicted molar refractivity (Wildman–Crippen MR) is 87.3 cm³/mol. The van der Waals surface area contributed by atoms with Crippen molar-refractivity contribution in [2.24, 2.45) is 0 Å². The van der Waals surface area contributed by atoms with Crippen LogP contribution < -0.4 is 4.90 Å². The third-order valence-corrected chi connectivity index (χ3v) is 4.15. The fourth-order valence-electron chi connectivity index (χ4n) is 2.98. The van der Waals surface area contributed by atoms with Crippen molar-refractivity contribution in [3.05, 3.63) is 71.9 Å². The molecule has 0 bridgehead atoms. The van der Waals surface area contributed by atoms with Crippen molar-refractivity contribution < 1.29 is 0 Å². The minimum Gasteiger partial charge on any atom is -0.350 e. The van der Waals surface area contributed by atoms with Crippen LogP contribution in [-0.2, 0) is 13.0 Å². The molecule has 0 N–H and O–H groups in total. The quantitative estimate of drug-likeness (QED) is 0.730. The average Bonchev–Trinajstić information content (AvgIpc) is 3.05. The van der Waals surface area contributed by atoms with Crippen molar-refractivity contribution >= 4 is 5.82 Å². The van der Waals surface area contributed by atoms with E-state index in [1.807, 2.05) is 30.6 Å². The smallest absolute Gasteiger partial charge is 0.130 e. The lowest BCUT2D eigenvalue weighted by atomic mass is 10.1. The molecule has 0 fully saturated rings. The summed E-state index contributed by atoms with van der Waals surface area (Å²) in [7, 11) is 0. The van der Waals surface area contributed by atoms with Gasteiger partial charge in [-0.05, 0) is 24.3 Å². The van der Waals surface area contributed by atoms with Gasteiger partial charge < -0.3 is 9.47 Å². The number of imidazole rings is 1. The van der Waals surface area contributed by atoms with E-state index in [-0.39, 0.29) is 0 Å². The highest BCUT2D eigenvalue weighted by molar-refractivity contribution is 5.47. The van der Waals surface area contributed by atoms with E-state index in [2.05, 4.69) is 37.6 Å². The van der Waals surface area contributed by atoms with Gasteiger partial charge in [-0.1, -0.05) is 18.2 Å². The standard InChI is InChI=1S/C18H15N5/c19-11-14-6-8-20-18(10-14)22-9-7-17-16(12-22)21-13-23(17)15-4-2-1-3-5-15/h1-6,8,10,13H,7,9,12H2. The minimum absolute atomic E-state index is 0.635. The lowest BCUT2D eigenvalue weighted by Crippen LogP contribution is -2.31. The van der Waals surface area contributed by atoms with E-state index in [9.17, 15) is 0 Å². The minimum atomic E-state index is 0.635. The molecule has 3 aromatic rings. The molecule has 3 heterocycles. The Morgan fingerprint density at radius 3 is 2.78 bits per heavy atom. The first-order valence-electron chi connectivity index (χ1n) is 7.57. The maximum absolute atomic E-state index is 9.04. The molecule has 4 rings (SSSR count). The number of nitriles is 1. The number of hydrogen-bond acceptors (Lipinski definition) is 4. The van der Waals surface area contributed by atoms with Crippen molar-refractivity contribution in [1.82, 2.24) is 14.5 Å².